The van der Waals surface area contributed by atoms with Crippen molar-refractivity contribution >= 4 is 30.2 Å². The first-order valence-corrected chi connectivity index (χ1v) is 19.3. The first-order chi connectivity index (χ1) is 21.9. The van der Waals surface area contributed by atoms with Crippen molar-refractivity contribution in [3.8, 4) is 11.3 Å². The molecule has 12 heteroatoms. The lowest BCUT2D eigenvalue weighted by Gasteiger charge is -2.18. The maximum absolute atomic E-state index is 12.4. The van der Waals surface area contributed by atoms with Crippen molar-refractivity contribution in [2.24, 2.45) is 0 Å². The third-order valence-corrected chi connectivity index (χ3v) is 10.2. The number of hydrogen-bond acceptors (Lipinski definition) is 9. The SMILES string of the molecule is CCCCCCCCCCCCCCCCCCOP(=O)(O)OC[C@H]1O[C@@H](n2ccc3c(-c4ccsc4)ncnc32)[C@H](O)[C@@H]1O. The van der Waals surface area contributed by atoms with E-state index in [0.29, 0.717) is 12.1 Å². The van der Waals surface area contributed by atoms with Crippen LogP contribution in [-0.2, 0) is 18.3 Å². The third kappa shape index (κ3) is 11.2. The van der Waals surface area contributed by atoms with Gasteiger partial charge in [-0.2, -0.15) is 11.3 Å². The Balaban J connectivity index is 1.07. The molecule has 252 valence electrons. The second-order valence-corrected chi connectivity index (χ2v) is 14.4. The number of rotatable bonds is 23. The Labute approximate surface area is 271 Å². The van der Waals surface area contributed by atoms with Crippen molar-refractivity contribution in [3.63, 3.8) is 0 Å². The fourth-order valence-corrected chi connectivity index (χ4v) is 7.35. The van der Waals surface area contributed by atoms with Crippen molar-refractivity contribution in [2.45, 2.75) is 134 Å². The molecule has 3 aromatic heterocycles. The molecule has 0 aromatic carbocycles. The number of fused-ring (bicyclic) bond motifs is 1. The molecule has 0 amide bonds. The minimum Gasteiger partial charge on any atom is -0.387 e. The van der Waals surface area contributed by atoms with Gasteiger partial charge in [0.05, 0.1) is 18.9 Å². The standard InChI is InChI=1S/C33H52N3O7PS/c1-2-3-4-5-6-7-8-9-10-11-12-13-14-15-16-17-21-41-44(39,40)42-23-28-30(37)31(38)33(43-28)36-20-18-27-29(26-19-22-45-24-26)34-25-35-32(27)36/h18-20,22,24-25,28,30-31,33,37-38H,2-17,21,23H2,1H3,(H,39,40)/t28-,30-,31-,33-/m1/s1. The molecule has 1 unspecified atom stereocenters. The topological polar surface area (TPSA) is 136 Å². The molecule has 0 aliphatic carbocycles. The van der Waals surface area contributed by atoms with Gasteiger partial charge in [0.15, 0.2) is 6.23 Å². The number of thiophene rings is 1. The average Bonchev–Trinajstić information content (AvgIpc) is 3.78. The largest absolute Gasteiger partial charge is 0.472 e. The van der Waals surface area contributed by atoms with Crippen LogP contribution in [0, 0.1) is 0 Å². The van der Waals surface area contributed by atoms with Crippen LogP contribution in [0.2, 0.25) is 0 Å². The van der Waals surface area contributed by atoms with E-state index in [9.17, 15) is 19.7 Å². The number of aliphatic hydroxyl groups is 2. The van der Waals surface area contributed by atoms with Crippen LogP contribution in [-0.4, -0.2) is 61.2 Å². The molecule has 1 saturated heterocycles. The third-order valence-electron chi connectivity index (χ3n) is 8.57. The molecule has 0 spiro atoms. The number of nitrogens with zero attached hydrogens (tertiary/aromatic N) is 3. The minimum atomic E-state index is -4.33. The highest BCUT2D eigenvalue weighted by molar-refractivity contribution is 7.47. The molecule has 4 heterocycles. The van der Waals surface area contributed by atoms with E-state index >= 15 is 0 Å². The molecule has 3 aromatic rings. The zero-order valence-corrected chi connectivity index (χ0v) is 28.4. The minimum absolute atomic E-state index is 0.118. The van der Waals surface area contributed by atoms with E-state index in [1.54, 1.807) is 22.1 Å². The number of phosphoric acid groups is 1. The zero-order valence-electron chi connectivity index (χ0n) is 26.7. The molecule has 45 heavy (non-hydrogen) atoms. The van der Waals surface area contributed by atoms with Crippen molar-refractivity contribution in [1.29, 1.82) is 0 Å². The summed E-state index contributed by atoms with van der Waals surface area (Å²) in [5, 5.41) is 26.1. The van der Waals surface area contributed by atoms with Crippen LogP contribution < -0.4 is 0 Å². The van der Waals surface area contributed by atoms with Gasteiger partial charge < -0.3 is 24.4 Å². The monoisotopic (exact) mass is 665 g/mol. The van der Waals surface area contributed by atoms with E-state index < -0.39 is 39.0 Å². The molecule has 3 N–H and O–H groups in total. The molecular weight excluding hydrogens is 613 g/mol. The molecule has 0 saturated carbocycles. The fourth-order valence-electron chi connectivity index (χ4n) is 5.94. The van der Waals surface area contributed by atoms with Gasteiger partial charge in [0.1, 0.15) is 30.3 Å². The highest BCUT2D eigenvalue weighted by atomic mass is 32.1. The summed E-state index contributed by atoms with van der Waals surface area (Å²) in [6, 6.07) is 3.81. The normalized spacial score (nSPS) is 21.5. The Hall–Kier alpha value is -1.69. The Bertz CT molecular complexity index is 1290. The first kappa shape index (κ1) is 36.2. The Morgan fingerprint density at radius 2 is 1.49 bits per heavy atom. The maximum atomic E-state index is 12.4. The predicted octanol–water partition coefficient (Wildman–Crippen LogP) is 8.17. The highest BCUT2D eigenvalue weighted by Gasteiger charge is 2.45. The Kier molecular flexibility index (Phi) is 15.4. The number of aromatic nitrogens is 3. The van der Waals surface area contributed by atoms with Crippen molar-refractivity contribution in [3.05, 3.63) is 35.4 Å². The molecular formula is C33H52N3O7PS. The summed E-state index contributed by atoms with van der Waals surface area (Å²) in [4.78, 5) is 18.9. The van der Waals surface area contributed by atoms with E-state index in [1.165, 1.54) is 89.8 Å². The van der Waals surface area contributed by atoms with Gasteiger partial charge in [-0.25, -0.2) is 14.5 Å². The van der Waals surface area contributed by atoms with Crippen LogP contribution >= 0.6 is 19.2 Å². The van der Waals surface area contributed by atoms with Crippen LogP contribution in [0.5, 0.6) is 0 Å². The van der Waals surface area contributed by atoms with Crippen molar-refractivity contribution < 1.29 is 33.5 Å². The average molecular weight is 666 g/mol. The van der Waals surface area contributed by atoms with Gasteiger partial charge in [0.25, 0.3) is 0 Å². The van der Waals surface area contributed by atoms with Gasteiger partial charge in [0.2, 0.25) is 0 Å². The second-order valence-electron chi connectivity index (χ2n) is 12.1. The summed E-state index contributed by atoms with van der Waals surface area (Å²) in [7, 11) is -4.33. The Morgan fingerprint density at radius 3 is 2.09 bits per heavy atom. The molecule has 4 rings (SSSR count). The van der Waals surface area contributed by atoms with E-state index in [1.807, 2.05) is 22.9 Å². The van der Waals surface area contributed by atoms with Gasteiger partial charge in [-0.05, 0) is 23.9 Å². The van der Waals surface area contributed by atoms with Gasteiger partial charge in [-0.15, -0.1) is 0 Å². The van der Waals surface area contributed by atoms with Crippen LogP contribution in [0.1, 0.15) is 116 Å². The van der Waals surface area contributed by atoms with E-state index in [-0.39, 0.29) is 6.61 Å². The lowest BCUT2D eigenvalue weighted by Crippen LogP contribution is -2.33. The van der Waals surface area contributed by atoms with Crippen molar-refractivity contribution in [1.82, 2.24) is 14.5 Å². The van der Waals surface area contributed by atoms with Crippen LogP contribution in [0.4, 0.5) is 0 Å². The van der Waals surface area contributed by atoms with Gasteiger partial charge in [0, 0.05) is 22.5 Å². The lowest BCUT2D eigenvalue weighted by atomic mass is 10.0. The number of unbranched alkanes of at least 4 members (excludes halogenated alkanes) is 15. The van der Waals surface area contributed by atoms with Gasteiger partial charge in [-0.3, -0.25) is 9.05 Å². The van der Waals surface area contributed by atoms with Gasteiger partial charge in [-0.1, -0.05) is 103 Å². The lowest BCUT2D eigenvalue weighted by molar-refractivity contribution is -0.0512. The summed E-state index contributed by atoms with van der Waals surface area (Å²) in [5.41, 5.74) is 2.26. The van der Waals surface area contributed by atoms with Crippen molar-refractivity contribution in [2.75, 3.05) is 13.2 Å². The van der Waals surface area contributed by atoms with Crippen LogP contribution in [0.15, 0.2) is 35.4 Å². The number of aliphatic hydroxyl groups excluding tert-OH is 2. The van der Waals surface area contributed by atoms with E-state index in [4.69, 9.17) is 13.8 Å². The number of hydrogen-bond donors (Lipinski definition) is 3. The summed E-state index contributed by atoms with van der Waals surface area (Å²) in [6.07, 6.45) is 18.6. The predicted molar refractivity (Wildman–Crippen MR) is 178 cm³/mol. The zero-order chi connectivity index (χ0) is 31.9. The summed E-state index contributed by atoms with van der Waals surface area (Å²) in [5.74, 6) is 0. The fraction of sp³-hybridized carbons (Fsp3) is 0.697. The quantitative estimate of drug-likeness (QED) is 0.0677. The molecule has 5 atom stereocenters. The second kappa shape index (κ2) is 19.2. The van der Waals surface area contributed by atoms with Gasteiger partial charge >= 0.3 is 7.82 Å². The molecule has 10 nitrogen and oxygen atoms in total. The molecule has 0 bridgehead atoms. The van der Waals surface area contributed by atoms with E-state index in [2.05, 4.69) is 16.9 Å². The molecule has 1 aliphatic rings. The van der Waals surface area contributed by atoms with Crippen LogP contribution in [0.25, 0.3) is 22.3 Å². The number of ether oxygens (including phenoxy) is 1. The number of phosphoric ester groups is 1. The Morgan fingerprint density at radius 1 is 0.867 bits per heavy atom. The molecule has 0 radical (unpaired) electrons. The summed E-state index contributed by atoms with van der Waals surface area (Å²) in [6.45, 7) is 1.97. The highest BCUT2D eigenvalue weighted by Crippen LogP contribution is 2.45. The first-order valence-electron chi connectivity index (χ1n) is 16.9. The maximum Gasteiger partial charge on any atom is 0.472 e. The summed E-state index contributed by atoms with van der Waals surface area (Å²) < 4.78 is 30.3. The summed E-state index contributed by atoms with van der Waals surface area (Å²) >= 11 is 1.57. The van der Waals surface area contributed by atoms with Crippen LogP contribution in [0.3, 0.4) is 0 Å². The smallest absolute Gasteiger partial charge is 0.387 e. The molecule has 1 aliphatic heterocycles. The molecule has 1 fully saturated rings. The van der Waals surface area contributed by atoms with E-state index in [0.717, 1.165) is 29.5 Å².